The number of amides is 1. The molecule has 2 N–H and O–H groups in total. The van der Waals surface area contributed by atoms with E-state index in [0.717, 1.165) is 38.9 Å². The Morgan fingerprint density at radius 3 is 2.93 bits per heavy atom. The highest BCUT2D eigenvalue weighted by Crippen LogP contribution is 2.35. The first kappa shape index (κ1) is 17.3. The van der Waals surface area contributed by atoms with Crippen molar-refractivity contribution >= 4 is 28.7 Å². The number of benzene rings is 2. The van der Waals surface area contributed by atoms with Gasteiger partial charge in [-0.2, -0.15) is 0 Å². The Bertz CT molecular complexity index is 1310. The second kappa shape index (κ2) is 6.67. The van der Waals surface area contributed by atoms with Gasteiger partial charge in [0.15, 0.2) is 0 Å². The van der Waals surface area contributed by atoms with Crippen molar-refractivity contribution in [2.45, 2.75) is 13.5 Å². The summed E-state index contributed by atoms with van der Waals surface area (Å²) in [4.78, 5) is 24.4. The van der Waals surface area contributed by atoms with Crippen molar-refractivity contribution in [3.8, 4) is 11.1 Å². The van der Waals surface area contributed by atoms with Gasteiger partial charge in [0, 0.05) is 34.6 Å². The lowest BCUT2D eigenvalue weighted by atomic mass is 9.96. The minimum atomic E-state index is -0.318. The minimum Gasteiger partial charge on any atom is -0.361 e. The lowest BCUT2D eigenvalue weighted by molar-refractivity contribution is 0.102. The molecule has 5 rings (SSSR count). The molecule has 0 radical (unpaired) electrons. The van der Waals surface area contributed by atoms with Crippen LogP contribution in [0, 0.1) is 12.7 Å². The number of anilines is 1. The van der Waals surface area contributed by atoms with Gasteiger partial charge >= 0.3 is 0 Å². The number of nitrogens with zero attached hydrogens (tertiary/aromatic N) is 2. The summed E-state index contributed by atoms with van der Waals surface area (Å²) in [6.07, 6.45) is 3.55. The molecule has 1 aliphatic heterocycles. The van der Waals surface area contributed by atoms with Gasteiger partial charge in [0.1, 0.15) is 11.5 Å². The molecule has 0 saturated carbocycles. The van der Waals surface area contributed by atoms with E-state index in [1.165, 1.54) is 12.1 Å². The molecule has 0 saturated heterocycles. The fourth-order valence-electron chi connectivity index (χ4n) is 3.72. The van der Waals surface area contributed by atoms with Gasteiger partial charge in [-0.25, -0.2) is 9.37 Å². The Morgan fingerprint density at radius 2 is 2.07 bits per heavy atom. The van der Waals surface area contributed by atoms with E-state index in [4.69, 9.17) is 0 Å². The molecule has 29 heavy (non-hydrogen) atoms. The summed E-state index contributed by atoms with van der Waals surface area (Å²) in [6, 6.07) is 14.1. The maximum absolute atomic E-state index is 14.2. The number of hydrogen-bond donors (Lipinski definition) is 2. The first-order valence-corrected chi connectivity index (χ1v) is 9.27. The van der Waals surface area contributed by atoms with Crippen LogP contribution in [-0.2, 0) is 6.54 Å². The fraction of sp³-hybridized carbons (Fsp3) is 0.0870. The molecule has 2 aromatic carbocycles. The van der Waals surface area contributed by atoms with Gasteiger partial charge in [0.2, 0.25) is 0 Å². The molecule has 4 aromatic rings. The third-order valence-electron chi connectivity index (χ3n) is 5.06. The van der Waals surface area contributed by atoms with Crippen LogP contribution in [0.4, 0.5) is 10.1 Å². The van der Waals surface area contributed by atoms with Crippen LogP contribution in [0.3, 0.4) is 0 Å². The van der Waals surface area contributed by atoms with E-state index in [1.54, 1.807) is 24.5 Å². The zero-order valence-electron chi connectivity index (χ0n) is 15.7. The summed E-state index contributed by atoms with van der Waals surface area (Å²) in [5.41, 5.74) is 5.93. The number of halogens is 1. The summed E-state index contributed by atoms with van der Waals surface area (Å²) in [5, 5.41) is 3.88. The van der Waals surface area contributed by atoms with Crippen LogP contribution >= 0.6 is 0 Å². The molecule has 2 aromatic heterocycles. The summed E-state index contributed by atoms with van der Waals surface area (Å²) in [7, 11) is 0. The van der Waals surface area contributed by atoms with Gasteiger partial charge in [0.05, 0.1) is 12.2 Å². The van der Waals surface area contributed by atoms with E-state index >= 15 is 0 Å². The Kier molecular flexibility index (Phi) is 3.98. The number of aliphatic imine (C=N–C) groups is 1. The summed E-state index contributed by atoms with van der Waals surface area (Å²) >= 11 is 0. The molecular formula is C23H17FN4O. The average molecular weight is 384 g/mol. The predicted octanol–water partition coefficient (Wildman–Crippen LogP) is 4.86. The number of H-pyrrole nitrogens is 1. The zero-order valence-corrected chi connectivity index (χ0v) is 15.7. The van der Waals surface area contributed by atoms with E-state index in [1.807, 2.05) is 31.2 Å². The van der Waals surface area contributed by atoms with Crippen molar-refractivity contribution in [2.24, 2.45) is 4.99 Å². The van der Waals surface area contributed by atoms with Crippen molar-refractivity contribution in [1.29, 1.82) is 0 Å². The van der Waals surface area contributed by atoms with Gasteiger partial charge in [-0.15, -0.1) is 0 Å². The fourth-order valence-corrected chi connectivity index (χ4v) is 3.72. The molecule has 0 fully saturated rings. The number of hydrogen-bond acceptors (Lipinski definition) is 3. The van der Waals surface area contributed by atoms with E-state index in [0.29, 0.717) is 17.9 Å². The normalized spacial score (nSPS) is 12.3. The Balaban J connectivity index is 1.61. The molecule has 0 atom stereocenters. The molecule has 142 valence electrons. The highest BCUT2D eigenvalue weighted by molar-refractivity contribution is 6.07. The molecule has 6 heteroatoms. The quantitative estimate of drug-likeness (QED) is 0.529. The highest BCUT2D eigenvalue weighted by atomic mass is 19.1. The summed E-state index contributed by atoms with van der Waals surface area (Å²) < 4.78 is 14.2. The number of aryl methyl sites for hydroxylation is 1. The molecule has 0 unspecified atom stereocenters. The van der Waals surface area contributed by atoms with E-state index in [-0.39, 0.29) is 11.7 Å². The maximum Gasteiger partial charge on any atom is 0.274 e. The summed E-state index contributed by atoms with van der Waals surface area (Å²) in [5.74, 6) is -0.611. The molecule has 0 aliphatic carbocycles. The van der Waals surface area contributed by atoms with Crippen molar-refractivity contribution in [1.82, 2.24) is 9.97 Å². The van der Waals surface area contributed by atoms with Gasteiger partial charge in [-0.3, -0.25) is 9.79 Å². The minimum absolute atomic E-state index is 0.292. The topological polar surface area (TPSA) is 70.1 Å². The first-order valence-electron chi connectivity index (χ1n) is 9.27. The molecule has 5 nitrogen and oxygen atoms in total. The maximum atomic E-state index is 14.2. The number of aromatic amines is 1. The standard InChI is InChI=1S/C23H17FN4O/c1-13-3-2-4-20(27-13)23(29)28-22-8-14(7-15-11-25-12-19(15)22)18-9-16(24)10-21-17(18)5-6-26-21/h2-10,12,26H,11H2,1H3,(H,28,29). The molecule has 3 heterocycles. The van der Waals surface area contributed by atoms with Gasteiger partial charge in [-0.05, 0) is 66.1 Å². The molecule has 1 amide bonds. The van der Waals surface area contributed by atoms with Crippen LogP contribution < -0.4 is 5.32 Å². The number of aromatic nitrogens is 2. The van der Waals surface area contributed by atoms with E-state index in [2.05, 4.69) is 20.3 Å². The third-order valence-corrected chi connectivity index (χ3v) is 5.06. The molecule has 0 spiro atoms. The third kappa shape index (κ3) is 3.08. The largest absolute Gasteiger partial charge is 0.361 e. The monoisotopic (exact) mass is 384 g/mol. The first-order chi connectivity index (χ1) is 14.1. The van der Waals surface area contributed by atoms with Crippen molar-refractivity contribution in [3.63, 3.8) is 0 Å². The van der Waals surface area contributed by atoms with Crippen molar-refractivity contribution in [3.05, 3.63) is 83.1 Å². The Hall–Kier alpha value is -3.80. The number of carbonyl (C=O) groups excluding carboxylic acids is 1. The van der Waals surface area contributed by atoms with Crippen molar-refractivity contribution < 1.29 is 9.18 Å². The molecule has 1 aliphatic rings. The van der Waals surface area contributed by atoms with Gasteiger partial charge in [-0.1, -0.05) is 6.07 Å². The lowest BCUT2D eigenvalue weighted by Gasteiger charge is -2.13. The summed E-state index contributed by atoms with van der Waals surface area (Å²) in [6.45, 7) is 2.37. The molecule has 0 bridgehead atoms. The van der Waals surface area contributed by atoms with Crippen LogP contribution in [0.15, 0.2) is 59.7 Å². The number of carbonyl (C=O) groups is 1. The number of pyridine rings is 1. The van der Waals surface area contributed by atoms with Crippen LogP contribution in [0.1, 0.15) is 27.3 Å². The van der Waals surface area contributed by atoms with E-state index < -0.39 is 0 Å². The van der Waals surface area contributed by atoms with E-state index in [9.17, 15) is 9.18 Å². The number of fused-ring (bicyclic) bond motifs is 2. The van der Waals surface area contributed by atoms with Crippen LogP contribution in [0.2, 0.25) is 0 Å². The van der Waals surface area contributed by atoms with Crippen LogP contribution in [0.5, 0.6) is 0 Å². The van der Waals surface area contributed by atoms with Crippen LogP contribution in [-0.4, -0.2) is 22.1 Å². The average Bonchev–Trinajstić information content (AvgIpc) is 3.36. The number of nitrogens with one attached hydrogen (secondary N) is 2. The predicted molar refractivity (Wildman–Crippen MR) is 112 cm³/mol. The second-order valence-corrected chi connectivity index (χ2v) is 7.08. The van der Waals surface area contributed by atoms with Crippen LogP contribution in [0.25, 0.3) is 22.0 Å². The van der Waals surface area contributed by atoms with Gasteiger partial charge < -0.3 is 10.3 Å². The zero-order chi connectivity index (χ0) is 20.0. The van der Waals surface area contributed by atoms with Gasteiger partial charge in [0.25, 0.3) is 5.91 Å². The SMILES string of the molecule is Cc1cccc(C(=O)Nc2cc(-c3cc(F)cc4[nH]ccc34)cc3c2C=NC3)n1. The second-order valence-electron chi connectivity index (χ2n) is 7.08. The smallest absolute Gasteiger partial charge is 0.274 e. The number of rotatable bonds is 3. The Labute approximate surface area is 166 Å². The lowest BCUT2D eigenvalue weighted by Crippen LogP contribution is -2.15. The van der Waals surface area contributed by atoms with Crippen molar-refractivity contribution in [2.75, 3.05) is 5.32 Å². The Morgan fingerprint density at radius 1 is 1.17 bits per heavy atom. The highest BCUT2D eigenvalue weighted by Gasteiger charge is 2.18. The molecular weight excluding hydrogens is 367 g/mol.